The molecule has 1 aromatic heterocycles. The molecule has 0 aliphatic heterocycles. The van der Waals surface area contributed by atoms with Crippen molar-refractivity contribution in [2.45, 2.75) is 39.7 Å². The lowest BCUT2D eigenvalue weighted by molar-refractivity contribution is 0.414. The van der Waals surface area contributed by atoms with Gasteiger partial charge in [-0.05, 0) is 63.4 Å². The predicted molar refractivity (Wildman–Crippen MR) is 89.4 cm³/mol. The second-order valence-electron chi connectivity index (χ2n) is 5.69. The van der Waals surface area contributed by atoms with E-state index in [1.807, 2.05) is 32.2 Å². The molecule has 4 nitrogen and oxygen atoms in total. The maximum absolute atomic E-state index is 5.18. The molecule has 1 N–H and O–H groups in total. The van der Waals surface area contributed by atoms with Crippen LogP contribution in [0.3, 0.4) is 0 Å². The number of methoxy groups -OCH3 is 1. The topological polar surface area (TPSA) is 47.0 Å². The van der Waals surface area contributed by atoms with Crippen molar-refractivity contribution in [2.24, 2.45) is 0 Å². The third kappa shape index (κ3) is 4.81. The fourth-order valence-corrected chi connectivity index (χ4v) is 2.49. The summed E-state index contributed by atoms with van der Waals surface area (Å²) in [6, 6.07) is 8.69. The maximum atomic E-state index is 5.18. The Bertz CT molecular complexity index is 596. The zero-order valence-electron chi connectivity index (χ0n) is 13.9. The number of aromatic nitrogens is 2. The minimum Gasteiger partial charge on any atom is -0.497 e. The van der Waals surface area contributed by atoms with E-state index in [2.05, 4.69) is 34.3 Å². The highest BCUT2D eigenvalue weighted by Crippen LogP contribution is 2.12. The Morgan fingerprint density at radius 2 is 1.91 bits per heavy atom. The summed E-state index contributed by atoms with van der Waals surface area (Å²) in [5.74, 6) is 1.74. The number of aryl methyl sites for hydroxylation is 2. The quantitative estimate of drug-likeness (QED) is 0.854. The highest BCUT2D eigenvalue weighted by molar-refractivity contribution is 5.27. The van der Waals surface area contributed by atoms with Crippen LogP contribution in [-0.4, -0.2) is 29.7 Å². The summed E-state index contributed by atoms with van der Waals surface area (Å²) in [7, 11) is 1.69. The van der Waals surface area contributed by atoms with Crippen molar-refractivity contribution in [3.8, 4) is 5.75 Å². The molecule has 2 aromatic rings. The molecule has 0 unspecified atom stereocenters. The van der Waals surface area contributed by atoms with Crippen LogP contribution in [0.2, 0.25) is 0 Å². The Balaban J connectivity index is 1.78. The molecule has 1 atom stereocenters. The van der Waals surface area contributed by atoms with Crippen LogP contribution in [0, 0.1) is 13.8 Å². The van der Waals surface area contributed by atoms with Crippen molar-refractivity contribution in [2.75, 3.05) is 13.7 Å². The van der Waals surface area contributed by atoms with Gasteiger partial charge in [0, 0.05) is 17.9 Å². The Hall–Kier alpha value is -1.94. The van der Waals surface area contributed by atoms with Gasteiger partial charge >= 0.3 is 0 Å². The molecule has 1 heterocycles. The first-order valence-corrected chi connectivity index (χ1v) is 7.74. The summed E-state index contributed by atoms with van der Waals surface area (Å²) in [5, 5.41) is 3.56. The van der Waals surface area contributed by atoms with Gasteiger partial charge in [0.25, 0.3) is 0 Å². The Labute approximate surface area is 133 Å². The average molecular weight is 299 g/mol. The van der Waals surface area contributed by atoms with Crippen LogP contribution in [0.4, 0.5) is 0 Å². The van der Waals surface area contributed by atoms with Crippen LogP contribution in [0.15, 0.2) is 30.5 Å². The van der Waals surface area contributed by atoms with Crippen LogP contribution >= 0.6 is 0 Å². The second-order valence-corrected chi connectivity index (χ2v) is 5.69. The number of ether oxygens (including phenoxy) is 1. The summed E-state index contributed by atoms with van der Waals surface area (Å²) in [5.41, 5.74) is 3.61. The van der Waals surface area contributed by atoms with Crippen LogP contribution in [0.5, 0.6) is 5.75 Å². The van der Waals surface area contributed by atoms with E-state index < -0.39 is 0 Å². The molecule has 0 amide bonds. The van der Waals surface area contributed by atoms with E-state index in [-0.39, 0.29) is 0 Å². The van der Waals surface area contributed by atoms with Gasteiger partial charge in [0.2, 0.25) is 0 Å². The summed E-state index contributed by atoms with van der Waals surface area (Å²) >= 11 is 0. The van der Waals surface area contributed by atoms with Gasteiger partial charge in [-0.1, -0.05) is 12.1 Å². The molecule has 118 valence electrons. The zero-order valence-corrected chi connectivity index (χ0v) is 13.9. The molecule has 0 bridgehead atoms. The predicted octanol–water partition coefficient (Wildman–Crippen LogP) is 2.87. The van der Waals surface area contributed by atoms with Crippen molar-refractivity contribution in [3.05, 3.63) is 53.1 Å². The molecular weight excluding hydrogens is 274 g/mol. The van der Waals surface area contributed by atoms with Crippen LogP contribution < -0.4 is 10.1 Å². The number of nitrogens with one attached hydrogen (secondary N) is 1. The van der Waals surface area contributed by atoms with Crippen molar-refractivity contribution >= 4 is 0 Å². The molecule has 0 fully saturated rings. The highest BCUT2D eigenvalue weighted by atomic mass is 16.5. The molecule has 0 aliphatic rings. The van der Waals surface area contributed by atoms with Gasteiger partial charge < -0.3 is 10.1 Å². The lowest BCUT2D eigenvalue weighted by atomic mass is 10.1. The van der Waals surface area contributed by atoms with Crippen molar-refractivity contribution in [3.63, 3.8) is 0 Å². The van der Waals surface area contributed by atoms with Crippen molar-refractivity contribution in [1.82, 2.24) is 15.3 Å². The summed E-state index contributed by atoms with van der Waals surface area (Å²) in [6.07, 6.45) is 3.90. The fourth-order valence-electron chi connectivity index (χ4n) is 2.49. The van der Waals surface area contributed by atoms with Gasteiger partial charge in [0.15, 0.2) is 0 Å². The monoisotopic (exact) mass is 299 g/mol. The highest BCUT2D eigenvalue weighted by Gasteiger charge is 2.05. The van der Waals surface area contributed by atoms with Gasteiger partial charge in [-0.25, -0.2) is 9.97 Å². The first-order valence-electron chi connectivity index (χ1n) is 7.74. The summed E-state index contributed by atoms with van der Waals surface area (Å²) < 4.78 is 5.18. The van der Waals surface area contributed by atoms with Gasteiger partial charge in [-0.15, -0.1) is 0 Å². The van der Waals surface area contributed by atoms with E-state index in [9.17, 15) is 0 Å². The molecule has 2 rings (SSSR count). The van der Waals surface area contributed by atoms with E-state index in [0.717, 1.165) is 36.7 Å². The fraction of sp³-hybridized carbons (Fsp3) is 0.444. The lowest BCUT2D eigenvalue weighted by Crippen LogP contribution is -2.30. The van der Waals surface area contributed by atoms with Gasteiger partial charge in [-0.3, -0.25) is 0 Å². The van der Waals surface area contributed by atoms with E-state index >= 15 is 0 Å². The van der Waals surface area contributed by atoms with Crippen LogP contribution in [-0.2, 0) is 12.8 Å². The first kappa shape index (κ1) is 16.4. The van der Waals surface area contributed by atoms with Crippen molar-refractivity contribution < 1.29 is 4.74 Å². The van der Waals surface area contributed by atoms with E-state index in [4.69, 9.17) is 4.74 Å². The van der Waals surface area contributed by atoms with E-state index in [0.29, 0.717) is 6.04 Å². The van der Waals surface area contributed by atoms with E-state index in [1.54, 1.807) is 7.11 Å². The van der Waals surface area contributed by atoms with E-state index in [1.165, 1.54) is 11.1 Å². The zero-order chi connectivity index (χ0) is 15.9. The maximum Gasteiger partial charge on any atom is 0.125 e. The smallest absolute Gasteiger partial charge is 0.125 e. The molecule has 4 heteroatoms. The minimum absolute atomic E-state index is 0.431. The number of benzene rings is 1. The average Bonchev–Trinajstić information content (AvgIpc) is 2.50. The van der Waals surface area contributed by atoms with Gasteiger partial charge in [0.05, 0.1) is 7.11 Å². The molecule has 0 saturated carbocycles. The summed E-state index contributed by atoms with van der Waals surface area (Å²) in [6.45, 7) is 7.12. The molecule has 0 saturated heterocycles. The lowest BCUT2D eigenvalue weighted by Gasteiger charge is -2.14. The van der Waals surface area contributed by atoms with Gasteiger partial charge in [-0.2, -0.15) is 0 Å². The van der Waals surface area contributed by atoms with Crippen LogP contribution in [0.25, 0.3) is 0 Å². The first-order chi connectivity index (χ1) is 10.6. The van der Waals surface area contributed by atoms with Crippen molar-refractivity contribution in [1.29, 1.82) is 0 Å². The number of hydrogen-bond donors (Lipinski definition) is 1. The molecule has 1 aromatic carbocycles. The summed E-state index contributed by atoms with van der Waals surface area (Å²) in [4.78, 5) is 8.68. The normalized spacial score (nSPS) is 12.2. The second kappa shape index (κ2) is 7.90. The molecular formula is C18H25N3O. The standard InChI is InChI=1S/C18H25N3O/c1-13(11-16-5-7-18(22-4)8-6-16)19-10-9-17-12-20-15(3)21-14(17)2/h5-8,12-13,19H,9-11H2,1-4H3/t13-/m1/s1. The van der Waals surface area contributed by atoms with Crippen LogP contribution in [0.1, 0.15) is 29.6 Å². The molecule has 0 aliphatic carbocycles. The third-order valence-electron chi connectivity index (χ3n) is 3.79. The molecule has 0 spiro atoms. The number of hydrogen-bond acceptors (Lipinski definition) is 4. The Kier molecular flexibility index (Phi) is 5.90. The molecule has 22 heavy (non-hydrogen) atoms. The third-order valence-corrected chi connectivity index (χ3v) is 3.79. The SMILES string of the molecule is COc1ccc(C[C@@H](C)NCCc2cnc(C)nc2C)cc1. The number of rotatable bonds is 7. The molecule has 0 radical (unpaired) electrons. The van der Waals surface area contributed by atoms with Gasteiger partial charge in [0.1, 0.15) is 11.6 Å². The Morgan fingerprint density at radius 1 is 1.18 bits per heavy atom. The largest absolute Gasteiger partial charge is 0.497 e. The Morgan fingerprint density at radius 3 is 2.55 bits per heavy atom. The number of nitrogens with zero attached hydrogens (tertiary/aromatic N) is 2. The minimum atomic E-state index is 0.431.